The standard InChI is InChI=1S/C31H57N3O17/c1-14(7-5-3-4-6-8-18(37)33-10-9-32)34-11-19(38)49-31-28(51-29-25(44)23(42)20(39)15(2)46-29)27(22(41)17(13-36)48-31)50-30-26(45)24(43)21(40)16(12-35)47-30/h14-17,20-31,34-36,39-45H,3-13,32H2,1-2H3,(H,33,37)/t14?,15-,16-,17-,20+,21+,22+,23+,24+,25-,26-,27+,28-,29-,30-,31+/m1/s1. The average Bonchev–Trinajstić information content (AvgIpc) is 3.11. The molecule has 20 nitrogen and oxygen atoms in total. The third-order valence-corrected chi connectivity index (χ3v) is 9.14. The lowest BCUT2D eigenvalue weighted by Gasteiger charge is -2.48. The van der Waals surface area contributed by atoms with E-state index < -0.39 is 111 Å². The highest BCUT2D eigenvalue weighted by molar-refractivity contribution is 5.75. The van der Waals surface area contributed by atoms with E-state index in [-0.39, 0.29) is 18.5 Å². The van der Waals surface area contributed by atoms with E-state index in [9.17, 15) is 55.5 Å². The maximum Gasteiger partial charge on any atom is 0.322 e. The summed E-state index contributed by atoms with van der Waals surface area (Å²) in [6.45, 7) is 2.15. The number of nitrogens with one attached hydrogen (secondary N) is 2. The number of aliphatic hydroxyl groups is 9. The first-order valence-corrected chi connectivity index (χ1v) is 17.4. The largest absolute Gasteiger partial charge is 0.432 e. The Bertz CT molecular complexity index is 1050. The van der Waals surface area contributed by atoms with Crippen molar-refractivity contribution in [2.45, 2.75) is 151 Å². The van der Waals surface area contributed by atoms with Crippen molar-refractivity contribution in [3.05, 3.63) is 0 Å². The molecule has 13 N–H and O–H groups in total. The summed E-state index contributed by atoms with van der Waals surface area (Å²) >= 11 is 0. The summed E-state index contributed by atoms with van der Waals surface area (Å²) in [6.07, 6.45) is -20.7. The minimum absolute atomic E-state index is 0.0384. The first-order valence-electron chi connectivity index (χ1n) is 17.4. The van der Waals surface area contributed by atoms with E-state index in [1.54, 1.807) is 0 Å². The molecule has 0 spiro atoms. The van der Waals surface area contributed by atoms with Gasteiger partial charge in [0, 0.05) is 25.6 Å². The number of nitrogens with two attached hydrogens (primary N) is 1. The number of carbonyl (C=O) groups excluding carboxylic acids is 2. The van der Waals surface area contributed by atoms with Gasteiger partial charge in [-0.05, 0) is 26.7 Å². The highest BCUT2D eigenvalue weighted by atomic mass is 16.8. The van der Waals surface area contributed by atoms with E-state index in [2.05, 4.69) is 10.6 Å². The van der Waals surface area contributed by atoms with Gasteiger partial charge in [0.2, 0.25) is 12.2 Å². The smallest absolute Gasteiger partial charge is 0.322 e. The Hall–Kier alpha value is -1.70. The Balaban J connectivity index is 1.69. The van der Waals surface area contributed by atoms with Gasteiger partial charge in [-0.1, -0.05) is 19.3 Å². The number of unbranched alkanes of at least 4 members (excludes halogenated alkanes) is 3. The molecule has 0 aromatic heterocycles. The van der Waals surface area contributed by atoms with Crippen LogP contribution in [-0.4, -0.2) is 189 Å². The molecule has 3 rings (SSSR count). The summed E-state index contributed by atoms with van der Waals surface area (Å²) in [5, 5.41) is 98.8. The Morgan fingerprint density at radius 3 is 1.94 bits per heavy atom. The molecule has 3 aliphatic heterocycles. The zero-order chi connectivity index (χ0) is 37.8. The minimum atomic E-state index is -1.92. The van der Waals surface area contributed by atoms with Crippen molar-refractivity contribution in [1.82, 2.24) is 10.6 Å². The maximum absolute atomic E-state index is 13.1. The lowest BCUT2D eigenvalue weighted by molar-refractivity contribution is -0.386. The normalized spacial score (nSPS) is 39.3. The van der Waals surface area contributed by atoms with Crippen LogP contribution in [0.4, 0.5) is 0 Å². The predicted octanol–water partition coefficient (Wildman–Crippen LogP) is -5.60. The van der Waals surface area contributed by atoms with Crippen LogP contribution in [0.2, 0.25) is 0 Å². The second-order valence-electron chi connectivity index (χ2n) is 13.2. The van der Waals surface area contributed by atoms with Crippen molar-refractivity contribution in [2.75, 3.05) is 32.8 Å². The van der Waals surface area contributed by atoms with Gasteiger partial charge in [-0.3, -0.25) is 9.59 Å². The Kier molecular flexibility index (Phi) is 18.2. The van der Waals surface area contributed by atoms with Crippen LogP contribution in [0.1, 0.15) is 52.4 Å². The second-order valence-corrected chi connectivity index (χ2v) is 13.2. The fourth-order valence-electron chi connectivity index (χ4n) is 5.97. The molecule has 0 radical (unpaired) electrons. The van der Waals surface area contributed by atoms with Crippen LogP contribution in [-0.2, 0) is 38.0 Å². The highest BCUT2D eigenvalue weighted by Gasteiger charge is 2.55. The monoisotopic (exact) mass is 743 g/mol. The molecule has 0 saturated carbocycles. The molecule has 3 fully saturated rings. The molecular formula is C31H57N3O17. The minimum Gasteiger partial charge on any atom is -0.432 e. The molecule has 51 heavy (non-hydrogen) atoms. The average molecular weight is 744 g/mol. The van der Waals surface area contributed by atoms with Gasteiger partial charge in [-0.2, -0.15) is 0 Å². The molecule has 3 aliphatic rings. The number of hydrogen-bond acceptors (Lipinski definition) is 19. The Morgan fingerprint density at radius 2 is 1.29 bits per heavy atom. The summed E-state index contributed by atoms with van der Waals surface area (Å²) in [7, 11) is 0. The van der Waals surface area contributed by atoms with Gasteiger partial charge in [-0.25, -0.2) is 0 Å². The molecule has 1 amide bonds. The van der Waals surface area contributed by atoms with Gasteiger partial charge in [0.15, 0.2) is 18.7 Å². The summed E-state index contributed by atoms with van der Waals surface area (Å²) < 4.78 is 33.9. The zero-order valence-corrected chi connectivity index (χ0v) is 28.9. The molecule has 0 aliphatic carbocycles. The van der Waals surface area contributed by atoms with Crippen molar-refractivity contribution < 1.29 is 84.0 Å². The van der Waals surface area contributed by atoms with Crippen molar-refractivity contribution in [1.29, 1.82) is 0 Å². The molecule has 20 heteroatoms. The van der Waals surface area contributed by atoms with E-state index in [1.807, 2.05) is 6.92 Å². The molecule has 3 saturated heterocycles. The second kappa shape index (κ2) is 21.3. The number of esters is 1. The van der Waals surface area contributed by atoms with Gasteiger partial charge in [-0.15, -0.1) is 0 Å². The summed E-state index contributed by atoms with van der Waals surface area (Å²) in [6, 6.07) is -0.126. The topological polar surface area (TPSA) is 322 Å². The third kappa shape index (κ3) is 12.2. The van der Waals surface area contributed by atoms with Crippen LogP contribution >= 0.6 is 0 Å². The van der Waals surface area contributed by atoms with Crippen LogP contribution in [0.5, 0.6) is 0 Å². The van der Waals surface area contributed by atoms with Crippen LogP contribution in [0.15, 0.2) is 0 Å². The van der Waals surface area contributed by atoms with Gasteiger partial charge in [0.25, 0.3) is 0 Å². The first kappa shape index (κ1) is 43.7. The zero-order valence-electron chi connectivity index (χ0n) is 28.9. The maximum atomic E-state index is 13.1. The van der Waals surface area contributed by atoms with Crippen LogP contribution in [0, 0.1) is 0 Å². The van der Waals surface area contributed by atoms with Crippen molar-refractivity contribution in [3.8, 4) is 0 Å². The first-order chi connectivity index (χ1) is 24.2. The van der Waals surface area contributed by atoms with Gasteiger partial charge in [0.05, 0.1) is 25.9 Å². The highest BCUT2D eigenvalue weighted by Crippen LogP contribution is 2.33. The Morgan fingerprint density at radius 1 is 0.725 bits per heavy atom. The fourth-order valence-corrected chi connectivity index (χ4v) is 5.97. The van der Waals surface area contributed by atoms with E-state index in [1.165, 1.54) is 6.92 Å². The summed E-state index contributed by atoms with van der Waals surface area (Å²) in [5.41, 5.74) is 5.38. The number of rotatable bonds is 19. The molecule has 298 valence electrons. The summed E-state index contributed by atoms with van der Waals surface area (Å²) in [5.74, 6) is -0.902. The van der Waals surface area contributed by atoms with E-state index in [0.29, 0.717) is 25.9 Å². The Labute approximate surface area is 295 Å². The quantitative estimate of drug-likeness (QED) is 0.0433. The van der Waals surface area contributed by atoms with Crippen molar-refractivity contribution in [3.63, 3.8) is 0 Å². The van der Waals surface area contributed by atoms with Gasteiger partial charge < -0.3 is 90.7 Å². The molecule has 0 aromatic carbocycles. The fraction of sp³-hybridized carbons (Fsp3) is 0.935. The van der Waals surface area contributed by atoms with E-state index >= 15 is 0 Å². The number of aliphatic hydroxyl groups excluding tert-OH is 9. The van der Waals surface area contributed by atoms with Crippen molar-refractivity contribution in [2.24, 2.45) is 5.73 Å². The van der Waals surface area contributed by atoms with E-state index in [0.717, 1.165) is 25.7 Å². The molecule has 3 heterocycles. The third-order valence-electron chi connectivity index (χ3n) is 9.14. The number of amides is 1. The van der Waals surface area contributed by atoms with Gasteiger partial charge >= 0.3 is 5.97 Å². The SMILES string of the molecule is CC(CCCCCCC(=O)NCCN)NCC(=O)O[C@@H]1O[C@H](CO)[C@H](O)[C@H](O[C@H]2O[C@H](CO)[C@H](O)[C@H](O)[C@H]2O)[C@H]1O[C@H]1O[C@H](C)[C@H](O)[C@H](O)[C@H]1O. The molecule has 16 atom stereocenters. The lowest BCUT2D eigenvalue weighted by atomic mass is 9.96. The molecule has 1 unspecified atom stereocenters. The molecule has 0 aromatic rings. The van der Waals surface area contributed by atoms with Crippen LogP contribution in [0.3, 0.4) is 0 Å². The van der Waals surface area contributed by atoms with Gasteiger partial charge in [0.1, 0.15) is 61.0 Å². The lowest BCUT2D eigenvalue weighted by Crippen LogP contribution is -2.67. The van der Waals surface area contributed by atoms with Crippen LogP contribution in [0.25, 0.3) is 0 Å². The molecular weight excluding hydrogens is 686 g/mol. The van der Waals surface area contributed by atoms with E-state index in [4.69, 9.17) is 34.2 Å². The summed E-state index contributed by atoms with van der Waals surface area (Å²) in [4.78, 5) is 24.7. The number of hydrogen-bond donors (Lipinski definition) is 12. The number of ether oxygens (including phenoxy) is 6. The van der Waals surface area contributed by atoms with Crippen molar-refractivity contribution >= 4 is 11.9 Å². The number of carbonyl (C=O) groups is 2. The van der Waals surface area contributed by atoms with Crippen LogP contribution < -0.4 is 16.4 Å². The predicted molar refractivity (Wildman–Crippen MR) is 171 cm³/mol. The molecule has 0 bridgehead atoms.